The van der Waals surface area contributed by atoms with E-state index in [9.17, 15) is 14.4 Å². The Bertz CT molecular complexity index is 969. The molecule has 0 aliphatic carbocycles. The summed E-state index contributed by atoms with van der Waals surface area (Å²) in [6, 6.07) is 17.4. The summed E-state index contributed by atoms with van der Waals surface area (Å²) in [5, 5.41) is 3.12. The number of rotatable bonds is 7. The smallest absolute Gasteiger partial charge is 0.226 e. The third kappa shape index (κ3) is 5.92. The molecule has 7 nitrogen and oxygen atoms in total. The molecule has 2 aliphatic heterocycles. The number of benzene rings is 2. The molecular formula is C26H31N3O4. The average molecular weight is 450 g/mol. The lowest BCUT2D eigenvalue weighted by molar-refractivity contribution is -0.132. The molecule has 2 aromatic carbocycles. The maximum atomic E-state index is 12.8. The standard InChI is InChI=1S/C26H31N3O4/c1-33-23-9-7-19(8-10-23)15-24(30)28-13-11-22(12-14-28)27-26(32)21-16-25(31)29(18-21)17-20-5-3-2-4-6-20/h2-10,21-22H,11-18H2,1H3,(H,27,32). The summed E-state index contributed by atoms with van der Waals surface area (Å²) in [5.74, 6) is 0.536. The van der Waals surface area contributed by atoms with Gasteiger partial charge in [0.25, 0.3) is 0 Å². The molecule has 0 saturated carbocycles. The number of nitrogens with one attached hydrogen (secondary N) is 1. The molecule has 7 heteroatoms. The van der Waals surface area contributed by atoms with Crippen LogP contribution in [0.2, 0.25) is 0 Å². The van der Waals surface area contributed by atoms with E-state index in [1.165, 1.54) is 0 Å². The third-order valence-corrected chi connectivity index (χ3v) is 6.51. The van der Waals surface area contributed by atoms with E-state index in [4.69, 9.17) is 4.74 Å². The average Bonchev–Trinajstić information content (AvgIpc) is 3.21. The van der Waals surface area contributed by atoms with Crippen molar-refractivity contribution >= 4 is 17.7 Å². The highest BCUT2D eigenvalue weighted by Gasteiger charge is 2.35. The summed E-state index contributed by atoms with van der Waals surface area (Å²) < 4.78 is 5.16. The van der Waals surface area contributed by atoms with Crippen LogP contribution in [0.4, 0.5) is 0 Å². The van der Waals surface area contributed by atoms with Crippen molar-refractivity contribution in [3.63, 3.8) is 0 Å². The second kappa shape index (κ2) is 10.5. The predicted octanol–water partition coefficient (Wildman–Crippen LogP) is 2.39. The van der Waals surface area contributed by atoms with Gasteiger partial charge in [0.05, 0.1) is 19.4 Å². The summed E-state index contributed by atoms with van der Waals surface area (Å²) in [6.45, 7) is 2.25. The Labute approximate surface area is 194 Å². The number of hydrogen-bond donors (Lipinski definition) is 1. The molecule has 0 bridgehead atoms. The SMILES string of the molecule is COc1ccc(CC(=O)N2CCC(NC(=O)C3CC(=O)N(Cc4ccccc4)C3)CC2)cc1. The van der Waals surface area contributed by atoms with Crippen LogP contribution in [0.15, 0.2) is 54.6 Å². The second-order valence-electron chi connectivity index (χ2n) is 8.85. The number of carbonyl (C=O) groups excluding carboxylic acids is 3. The fourth-order valence-electron chi connectivity index (χ4n) is 4.53. The van der Waals surface area contributed by atoms with E-state index < -0.39 is 0 Å². The Hall–Kier alpha value is -3.35. The van der Waals surface area contributed by atoms with Crippen molar-refractivity contribution in [2.24, 2.45) is 5.92 Å². The highest BCUT2D eigenvalue weighted by atomic mass is 16.5. The molecule has 3 amide bonds. The Balaban J connectivity index is 1.21. The zero-order valence-corrected chi connectivity index (χ0v) is 19.0. The second-order valence-corrected chi connectivity index (χ2v) is 8.85. The van der Waals surface area contributed by atoms with Gasteiger partial charge in [-0.1, -0.05) is 42.5 Å². The minimum absolute atomic E-state index is 0.0259. The molecule has 2 saturated heterocycles. The van der Waals surface area contributed by atoms with Gasteiger partial charge in [-0.25, -0.2) is 0 Å². The van der Waals surface area contributed by atoms with Crippen LogP contribution in [-0.2, 0) is 27.3 Å². The quantitative estimate of drug-likeness (QED) is 0.704. The van der Waals surface area contributed by atoms with Gasteiger partial charge in [-0.15, -0.1) is 0 Å². The molecule has 0 radical (unpaired) electrons. The lowest BCUT2D eigenvalue weighted by Crippen LogP contribution is -2.48. The van der Waals surface area contributed by atoms with Gasteiger partial charge in [0.2, 0.25) is 17.7 Å². The summed E-state index contributed by atoms with van der Waals surface area (Å²) in [6.07, 6.45) is 2.09. The maximum Gasteiger partial charge on any atom is 0.226 e. The number of nitrogens with zero attached hydrogens (tertiary/aromatic N) is 2. The molecule has 2 heterocycles. The monoisotopic (exact) mass is 449 g/mol. The summed E-state index contributed by atoms with van der Waals surface area (Å²) >= 11 is 0. The number of carbonyl (C=O) groups is 3. The minimum atomic E-state index is -0.309. The highest BCUT2D eigenvalue weighted by molar-refractivity contribution is 5.89. The van der Waals surface area contributed by atoms with E-state index in [-0.39, 0.29) is 36.1 Å². The van der Waals surface area contributed by atoms with Crippen molar-refractivity contribution in [1.29, 1.82) is 0 Å². The molecule has 4 rings (SSSR count). The zero-order chi connectivity index (χ0) is 23.2. The predicted molar refractivity (Wildman–Crippen MR) is 124 cm³/mol. The number of amides is 3. The van der Waals surface area contributed by atoms with Crippen molar-refractivity contribution in [3.8, 4) is 5.75 Å². The van der Waals surface area contributed by atoms with Gasteiger partial charge >= 0.3 is 0 Å². The lowest BCUT2D eigenvalue weighted by Gasteiger charge is -2.33. The number of likely N-dealkylation sites (tertiary alicyclic amines) is 2. The van der Waals surface area contributed by atoms with Crippen molar-refractivity contribution in [2.45, 2.75) is 38.3 Å². The van der Waals surface area contributed by atoms with E-state index in [2.05, 4.69) is 5.32 Å². The summed E-state index contributed by atoms with van der Waals surface area (Å²) in [5.41, 5.74) is 2.03. The first-order chi connectivity index (χ1) is 16.0. The molecule has 1 atom stereocenters. The van der Waals surface area contributed by atoms with E-state index in [1.54, 1.807) is 12.0 Å². The first-order valence-corrected chi connectivity index (χ1v) is 11.5. The van der Waals surface area contributed by atoms with Crippen molar-refractivity contribution in [1.82, 2.24) is 15.1 Å². The molecule has 2 fully saturated rings. The van der Waals surface area contributed by atoms with E-state index in [0.29, 0.717) is 32.6 Å². The van der Waals surface area contributed by atoms with E-state index >= 15 is 0 Å². The highest BCUT2D eigenvalue weighted by Crippen LogP contribution is 2.22. The first-order valence-electron chi connectivity index (χ1n) is 11.5. The van der Waals surface area contributed by atoms with Crippen molar-refractivity contribution in [2.75, 3.05) is 26.7 Å². The normalized spacial score (nSPS) is 18.9. The number of piperidine rings is 1. The topological polar surface area (TPSA) is 79.0 Å². The number of ether oxygens (including phenoxy) is 1. The Morgan fingerprint density at radius 2 is 1.70 bits per heavy atom. The van der Waals surface area contributed by atoms with Crippen LogP contribution in [0.3, 0.4) is 0 Å². The van der Waals surface area contributed by atoms with Crippen LogP contribution in [0.25, 0.3) is 0 Å². The van der Waals surface area contributed by atoms with Crippen LogP contribution >= 0.6 is 0 Å². The van der Waals surface area contributed by atoms with E-state index in [1.807, 2.05) is 59.5 Å². The number of hydrogen-bond acceptors (Lipinski definition) is 4. The molecule has 2 aliphatic rings. The largest absolute Gasteiger partial charge is 0.497 e. The zero-order valence-electron chi connectivity index (χ0n) is 19.0. The lowest BCUT2D eigenvalue weighted by atomic mass is 10.0. The Morgan fingerprint density at radius 3 is 2.36 bits per heavy atom. The molecule has 1 N–H and O–H groups in total. The van der Waals surface area contributed by atoms with Crippen molar-refractivity contribution in [3.05, 3.63) is 65.7 Å². The third-order valence-electron chi connectivity index (χ3n) is 6.51. The molecular weight excluding hydrogens is 418 g/mol. The summed E-state index contributed by atoms with van der Waals surface area (Å²) in [4.78, 5) is 41.4. The van der Waals surface area contributed by atoms with Crippen LogP contribution in [0.1, 0.15) is 30.4 Å². The fourth-order valence-corrected chi connectivity index (χ4v) is 4.53. The first kappa shape index (κ1) is 22.8. The molecule has 1 unspecified atom stereocenters. The molecule has 33 heavy (non-hydrogen) atoms. The van der Waals surface area contributed by atoms with Crippen molar-refractivity contribution < 1.29 is 19.1 Å². The Kier molecular flexibility index (Phi) is 7.27. The molecule has 2 aromatic rings. The number of methoxy groups -OCH3 is 1. The molecule has 0 aromatic heterocycles. The van der Waals surface area contributed by atoms with Gasteiger partial charge in [0.1, 0.15) is 5.75 Å². The van der Waals surface area contributed by atoms with Gasteiger partial charge in [0, 0.05) is 38.6 Å². The molecule has 0 spiro atoms. The summed E-state index contributed by atoms with van der Waals surface area (Å²) in [7, 11) is 1.62. The van der Waals surface area contributed by atoms with Crippen LogP contribution < -0.4 is 10.1 Å². The van der Waals surface area contributed by atoms with Gasteiger partial charge in [0.15, 0.2) is 0 Å². The van der Waals surface area contributed by atoms with Gasteiger partial charge < -0.3 is 19.9 Å². The van der Waals surface area contributed by atoms with Gasteiger partial charge in [-0.2, -0.15) is 0 Å². The Morgan fingerprint density at radius 1 is 1.00 bits per heavy atom. The minimum Gasteiger partial charge on any atom is -0.497 e. The van der Waals surface area contributed by atoms with Gasteiger partial charge in [-0.3, -0.25) is 14.4 Å². The van der Waals surface area contributed by atoms with Crippen LogP contribution in [0.5, 0.6) is 5.75 Å². The van der Waals surface area contributed by atoms with Crippen LogP contribution in [0, 0.1) is 5.92 Å². The van der Waals surface area contributed by atoms with Gasteiger partial charge in [-0.05, 0) is 36.1 Å². The maximum absolute atomic E-state index is 12.8. The molecule has 174 valence electrons. The van der Waals surface area contributed by atoms with E-state index in [0.717, 1.165) is 29.7 Å². The fraction of sp³-hybridized carbons (Fsp3) is 0.423. The van der Waals surface area contributed by atoms with Crippen LogP contribution in [-0.4, -0.2) is 60.3 Å².